The number of nitrogens with zero attached hydrogens (tertiary/aromatic N) is 2. The molecule has 3 heterocycles. The lowest BCUT2D eigenvalue weighted by atomic mass is 9.89. The first-order valence-electron chi connectivity index (χ1n) is 8.82. The highest BCUT2D eigenvalue weighted by Gasteiger charge is 2.37. The summed E-state index contributed by atoms with van der Waals surface area (Å²) >= 11 is 0. The Kier molecular flexibility index (Phi) is 4.04. The zero-order chi connectivity index (χ0) is 16.7. The summed E-state index contributed by atoms with van der Waals surface area (Å²) < 4.78 is 11.0. The van der Waals surface area contributed by atoms with Gasteiger partial charge in [-0.25, -0.2) is 0 Å². The quantitative estimate of drug-likeness (QED) is 0.899. The third kappa shape index (κ3) is 3.05. The van der Waals surface area contributed by atoms with Crippen molar-refractivity contribution >= 4 is 11.8 Å². The van der Waals surface area contributed by atoms with E-state index >= 15 is 0 Å². The van der Waals surface area contributed by atoms with Gasteiger partial charge >= 0.3 is 0 Å². The van der Waals surface area contributed by atoms with Crippen LogP contribution in [0, 0.1) is 5.92 Å². The van der Waals surface area contributed by atoms with E-state index < -0.39 is 6.10 Å². The highest BCUT2D eigenvalue weighted by molar-refractivity contribution is 5.91. The molecule has 2 aliphatic heterocycles. The van der Waals surface area contributed by atoms with Gasteiger partial charge in [0.15, 0.2) is 0 Å². The number of hydrogen-bond donors (Lipinski definition) is 1. The first kappa shape index (κ1) is 15.6. The van der Waals surface area contributed by atoms with Crippen LogP contribution in [0.2, 0.25) is 0 Å². The number of likely N-dealkylation sites (tertiary alicyclic amines) is 1. The van der Waals surface area contributed by atoms with Gasteiger partial charge in [0.25, 0.3) is 5.91 Å². The van der Waals surface area contributed by atoms with E-state index in [1.54, 1.807) is 6.07 Å². The van der Waals surface area contributed by atoms with Crippen molar-refractivity contribution in [3.8, 4) is 0 Å². The Labute approximate surface area is 140 Å². The van der Waals surface area contributed by atoms with Gasteiger partial charge in [0.1, 0.15) is 6.10 Å². The SMILES string of the molecule is NC(=O)[C@H]1CC[C@@H](C2CCN(C(=O)c3cc(C4CC4)no3)CC2)O1. The number of piperidine rings is 1. The predicted octanol–water partition coefficient (Wildman–Crippen LogP) is 1.44. The molecule has 7 heteroatoms. The van der Waals surface area contributed by atoms with Crippen LogP contribution in [0.25, 0.3) is 0 Å². The van der Waals surface area contributed by atoms with Crippen LogP contribution in [0.3, 0.4) is 0 Å². The molecule has 0 radical (unpaired) electrons. The molecule has 0 unspecified atom stereocenters. The number of aromatic nitrogens is 1. The Morgan fingerprint density at radius 1 is 1.12 bits per heavy atom. The molecule has 2 atom stereocenters. The summed E-state index contributed by atoms with van der Waals surface area (Å²) in [5.74, 6) is 0.771. The Morgan fingerprint density at radius 2 is 1.88 bits per heavy atom. The lowest BCUT2D eigenvalue weighted by Crippen LogP contribution is -2.41. The second-order valence-corrected chi connectivity index (χ2v) is 7.16. The van der Waals surface area contributed by atoms with Gasteiger partial charge in [-0.2, -0.15) is 0 Å². The third-order valence-corrected chi connectivity index (χ3v) is 5.46. The van der Waals surface area contributed by atoms with Gasteiger partial charge in [0.05, 0.1) is 11.8 Å². The molecule has 0 bridgehead atoms. The summed E-state index contributed by atoms with van der Waals surface area (Å²) in [4.78, 5) is 25.6. The summed E-state index contributed by atoms with van der Waals surface area (Å²) in [5, 5.41) is 4.01. The number of hydrogen-bond acceptors (Lipinski definition) is 5. The summed E-state index contributed by atoms with van der Waals surface area (Å²) in [7, 11) is 0. The van der Waals surface area contributed by atoms with Crippen molar-refractivity contribution in [2.45, 2.75) is 56.7 Å². The molecule has 1 aromatic rings. The smallest absolute Gasteiger partial charge is 0.292 e. The predicted molar refractivity (Wildman–Crippen MR) is 84.2 cm³/mol. The molecular formula is C17H23N3O4. The number of rotatable bonds is 4. The fourth-order valence-electron chi connectivity index (χ4n) is 3.81. The highest BCUT2D eigenvalue weighted by atomic mass is 16.5. The van der Waals surface area contributed by atoms with E-state index in [4.69, 9.17) is 15.0 Å². The van der Waals surface area contributed by atoms with Crippen molar-refractivity contribution in [3.63, 3.8) is 0 Å². The molecule has 3 fully saturated rings. The van der Waals surface area contributed by atoms with E-state index in [0.29, 0.717) is 37.1 Å². The zero-order valence-electron chi connectivity index (χ0n) is 13.6. The minimum Gasteiger partial charge on any atom is -0.367 e. The van der Waals surface area contributed by atoms with Gasteiger partial charge in [-0.15, -0.1) is 0 Å². The van der Waals surface area contributed by atoms with Crippen molar-refractivity contribution in [2.24, 2.45) is 11.7 Å². The molecule has 24 heavy (non-hydrogen) atoms. The van der Waals surface area contributed by atoms with Crippen molar-refractivity contribution < 1.29 is 18.8 Å². The Hall–Kier alpha value is -1.89. The van der Waals surface area contributed by atoms with Gasteiger partial charge in [0, 0.05) is 25.1 Å². The highest BCUT2D eigenvalue weighted by Crippen LogP contribution is 2.39. The molecule has 2 N–H and O–H groups in total. The minimum absolute atomic E-state index is 0.0739. The monoisotopic (exact) mass is 333 g/mol. The molecule has 2 saturated heterocycles. The molecule has 130 valence electrons. The molecule has 2 amide bonds. The molecule has 4 rings (SSSR count). The average Bonchev–Trinajstić information content (AvgIpc) is 3.13. The van der Waals surface area contributed by atoms with Crippen LogP contribution in [-0.2, 0) is 9.53 Å². The largest absolute Gasteiger partial charge is 0.367 e. The zero-order valence-corrected chi connectivity index (χ0v) is 13.6. The van der Waals surface area contributed by atoms with Crippen LogP contribution < -0.4 is 5.73 Å². The summed E-state index contributed by atoms with van der Waals surface area (Å²) in [6.45, 7) is 1.37. The molecule has 1 saturated carbocycles. The first-order valence-corrected chi connectivity index (χ1v) is 8.82. The third-order valence-electron chi connectivity index (χ3n) is 5.46. The van der Waals surface area contributed by atoms with Gasteiger partial charge in [-0.1, -0.05) is 5.16 Å². The lowest BCUT2D eigenvalue weighted by molar-refractivity contribution is -0.130. The molecule has 0 spiro atoms. The molecule has 7 nitrogen and oxygen atoms in total. The Bertz CT molecular complexity index is 632. The molecular weight excluding hydrogens is 310 g/mol. The average molecular weight is 333 g/mol. The minimum atomic E-state index is -0.440. The maximum Gasteiger partial charge on any atom is 0.292 e. The maximum atomic E-state index is 12.5. The van der Waals surface area contributed by atoms with E-state index in [2.05, 4.69) is 5.16 Å². The summed E-state index contributed by atoms with van der Waals surface area (Å²) in [5.41, 5.74) is 6.22. The molecule has 1 aromatic heterocycles. The van der Waals surface area contributed by atoms with Crippen LogP contribution in [0.4, 0.5) is 0 Å². The second-order valence-electron chi connectivity index (χ2n) is 7.16. The molecule has 3 aliphatic rings. The van der Waals surface area contributed by atoms with Crippen molar-refractivity contribution in [1.29, 1.82) is 0 Å². The Morgan fingerprint density at radius 3 is 2.50 bits per heavy atom. The maximum absolute atomic E-state index is 12.5. The van der Waals surface area contributed by atoms with E-state index in [-0.39, 0.29) is 17.9 Å². The van der Waals surface area contributed by atoms with E-state index in [9.17, 15) is 9.59 Å². The Balaban J connectivity index is 1.30. The number of carbonyl (C=O) groups excluding carboxylic acids is 2. The topological polar surface area (TPSA) is 98.7 Å². The van der Waals surface area contributed by atoms with Crippen molar-refractivity contribution in [1.82, 2.24) is 10.1 Å². The van der Waals surface area contributed by atoms with Crippen molar-refractivity contribution in [3.05, 3.63) is 17.5 Å². The van der Waals surface area contributed by atoms with E-state index in [1.165, 1.54) is 0 Å². The van der Waals surface area contributed by atoms with Crippen LogP contribution in [0.15, 0.2) is 10.6 Å². The van der Waals surface area contributed by atoms with Crippen molar-refractivity contribution in [2.75, 3.05) is 13.1 Å². The lowest BCUT2D eigenvalue weighted by Gasteiger charge is -2.34. The van der Waals surface area contributed by atoms with E-state index in [0.717, 1.165) is 37.8 Å². The standard InChI is InChI=1S/C17H23N3O4/c18-16(21)14-4-3-13(23-14)11-5-7-20(8-6-11)17(22)15-9-12(19-24-15)10-1-2-10/h9-11,13-14H,1-8H2,(H2,18,21)/t13-,14+/m0/s1. The van der Waals surface area contributed by atoms with Gasteiger partial charge < -0.3 is 19.9 Å². The van der Waals surface area contributed by atoms with Gasteiger partial charge in [-0.05, 0) is 44.4 Å². The van der Waals surface area contributed by atoms with Crippen LogP contribution in [0.5, 0.6) is 0 Å². The fraction of sp³-hybridized carbons (Fsp3) is 0.706. The number of primary amides is 1. The first-order chi connectivity index (χ1) is 11.6. The molecule has 1 aliphatic carbocycles. The fourth-order valence-corrected chi connectivity index (χ4v) is 3.81. The molecule has 0 aromatic carbocycles. The van der Waals surface area contributed by atoms with E-state index in [1.807, 2.05) is 4.90 Å². The van der Waals surface area contributed by atoms with Crippen LogP contribution >= 0.6 is 0 Å². The number of carbonyl (C=O) groups is 2. The number of nitrogens with two attached hydrogens (primary N) is 1. The van der Waals surface area contributed by atoms with Crippen LogP contribution in [-0.4, -0.2) is 47.2 Å². The van der Waals surface area contributed by atoms with Gasteiger partial charge in [0.2, 0.25) is 11.7 Å². The summed E-state index contributed by atoms with van der Waals surface area (Å²) in [6, 6.07) is 1.80. The van der Waals surface area contributed by atoms with Crippen LogP contribution in [0.1, 0.15) is 60.7 Å². The second kappa shape index (κ2) is 6.20. The number of ether oxygens (including phenoxy) is 1. The normalized spacial score (nSPS) is 28.2. The van der Waals surface area contributed by atoms with Gasteiger partial charge in [-0.3, -0.25) is 9.59 Å². The summed E-state index contributed by atoms with van der Waals surface area (Å²) in [6.07, 6.45) is 5.27. The number of amides is 2.